The van der Waals surface area contributed by atoms with E-state index in [1.807, 2.05) is 6.20 Å². The van der Waals surface area contributed by atoms with Crippen LogP contribution in [-0.2, 0) is 24.8 Å². The molecule has 0 aliphatic heterocycles. The number of hydrogen-bond acceptors (Lipinski definition) is 3. The number of aryl methyl sites for hydroxylation is 1. The molecule has 0 fully saturated rings. The largest absolute Gasteiger partial charge is 0.361 e. The Morgan fingerprint density at radius 1 is 1.03 bits per heavy atom. The third kappa shape index (κ3) is 2.53. The van der Waals surface area contributed by atoms with Gasteiger partial charge in [-0.3, -0.25) is 4.68 Å². The predicted molar refractivity (Wildman–Crippen MR) is 115 cm³/mol. The molecular weight excluding hydrogens is 370 g/mol. The number of rotatable bonds is 3. The molecule has 2 heterocycles. The van der Waals surface area contributed by atoms with Crippen molar-refractivity contribution in [1.29, 1.82) is 0 Å². The van der Waals surface area contributed by atoms with Crippen molar-refractivity contribution in [3.05, 3.63) is 107 Å². The van der Waals surface area contributed by atoms with Crippen LogP contribution in [0.3, 0.4) is 0 Å². The number of hydrogen-bond donors (Lipinski definition) is 0. The van der Waals surface area contributed by atoms with E-state index in [0.717, 1.165) is 31.6 Å². The Kier molecular flexibility index (Phi) is 3.95. The molecule has 0 saturated heterocycles. The van der Waals surface area contributed by atoms with Gasteiger partial charge in [-0.05, 0) is 41.9 Å². The third-order valence-electron chi connectivity index (χ3n) is 7.26. The van der Waals surface area contributed by atoms with E-state index in [1.54, 1.807) is 0 Å². The van der Waals surface area contributed by atoms with E-state index < -0.39 is 0 Å². The monoisotopic (exact) mass is 395 g/mol. The first-order valence-corrected chi connectivity index (χ1v) is 10.9. The first-order chi connectivity index (χ1) is 14.8. The van der Waals surface area contributed by atoms with E-state index in [0.29, 0.717) is 11.8 Å². The molecule has 4 nitrogen and oxygen atoms in total. The third-order valence-corrected chi connectivity index (χ3v) is 7.26. The lowest BCUT2D eigenvalue weighted by molar-refractivity contribution is 0.189. The standard InChI is InChI=1S/C26H25N3O/c1-18-23-13-12-20-17-29(16-19-8-4-2-5-9-19)28-25(20)26(23,22-10-6-3-7-11-22)14-21-15-27-30-24(18)21/h2-11,15,17-18,23H,12-14,16H2,1H3/t18-,23-,26+/m0/s1. The summed E-state index contributed by atoms with van der Waals surface area (Å²) in [6, 6.07) is 21.6. The molecule has 2 aromatic carbocycles. The van der Waals surface area contributed by atoms with E-state index in [9.17, 15) is 0 Å². The number of fused-ring (bicyclic) bond motifs is 4. The van der Waals surface area contributed by atoms with Crippen LogP contribution in [0.25, 0.3) is 0 Å². The van der Waals surface area contributed by atoms with Crippen molar-refractivity contribution < 1.29 is 4.52 Å². The van der Waals surface area contributed by atoms with Gasteiger partial charge in [0.2, 0.25) is 0 Å². The van der Waals surface area contributed by atoms with E-state index in [-0.39, 0.29) is 5.41 Å². The molecule has 0 radical (unpaired) electrons. The molecule has 0 amide bonds. The lowest BCUT2D eigenvalue weighted by Crippen LogP contribution is -2.47. The van der Waals surface area contributed by atoms with Crippen LogP contribution in [0.5, 0.6) is 0 Å². The van der Waals surface area contributed by atoms with E-state index in [1.165, 1.54) is 27.9 Å². The molecule has 0 unspecified atom stereocenters. The van der Waals surface area contributed by atoms with Gasteiger partial charge in [0, 0.05) is 23.1 Å². The topological polar surface area (TPSA) is 43.9 Å². The fourth-order valence-corrected chi connectivity index (χ4v) is 5.95. The molecule has 4 aromatic rings. The Balaban J connectivity index is 1.52. The number of aromatic nitrogens is 3. The second-order valence-electron chi connectivity index (χ2n) is 8.85. The highest BCUT2D eigenvalue weighted by Crippen LogP contribution is 2.56. The van der Waals surface area contributed by atoms with Gasteiger partial charge < -0.3 is 4.52 Å². The van der Waals surface area contributed by atoms with Crippen LogP contribution in [0.4, 0.5) is 0 Å². The fraction of sp³-hybridized carbons (Fsp3) is 0.308. The summed E-state index contributed by atoms with van der Waals surface area (Å²) in [5.41, 5.74) is 6.38. The highest BCUT2D eigenvalue weighted by Gasteiger charge is 2.54. The summed E-state index contributed by atoms with van der Waals surface area (Å²) in [7, 11) is 0. The van der Waals surface area contributed by atoms with Gasteiger partial charge in [-0.15, -0.1) is 0 Å². The fourth-order valence-electron chi connectivity index (χ4n) is 5.95. The van der Waals surface area contributed by atoms with Crippen LogP contribution in [0.2, 0.25) is 0 Å². The van der Waals surface area contributed by atoms with Crippen molar-refractivity contribution in [3.8, 4) is 0 Å². The Morgan fingerprint density at radius 3 is 2.60 bits per heavy atom. The molecule has 2 aliphatic rings. The highest BCUT2D eigenvalue weighted by atomic mass is 16.5. The summed E-state index contributed by atoms with van der Waals surface area (Å²) < 4.78 is 7.83. The zero-order valence-corrected chi connectivity index (χ0v) is 17.2. The summed E-state index contributed by atoms with van der Waals surface area (Å²) in [5.74, 6) is 1.84. The lowest BCUT2D eigenvalue weighted by Gasteiger charge is -2.48. The minimum Gasteiger partial charge on any atom is -0.361 e. The van der Waals surface area contributed by atoms with E-state index >= 15 is 0 Å². The van der Waals surface area contributed by atoms with Crippen LogP contribution in [0.1, 0.15) is 53.0 Å². The zero-order chi connectivity index (χ0) is 20.1. The van der Waals surface area contributed by atoms with Crippen LogP contribution in [0.15, 0.2) is 77.6 Å². The van der Waals surface area contributed by atoms with Gasteiger partial charge in [-0.2, -0.15) is 5.10 Å². The molecule has 2 aromatic heterocycles. The summed E-state index contributed by atoms with van der Waals surface area (Å²) in [6.07, 6.45) is 7.30. The van der Waals surface area contributed by atoms with Gasteiger partial charge >= 0.3 is 0 Å². The zero-order valence-electron chi connectivity index (χ0n) is 17.2. The second-order valence-corrected chi connectivity index (χ2v) is 8.85. The van der Waals surface area contributed by atoms with Crippen molar-refractivity contribution in [3.63, 3.8) is 0 Å². The molecule has 3 atom stereocenters. The molecule has 4 heteroatoms. The molecular formula is C26H25N3O. The van der Waals surface area contributed by atoms with Crippen LogP contribution in [-0.4, -0.2) is 14.9 Å². The van der Waals surface area contributed by atoms with Gasteiger partial charge in [-0.25, -0.2) is 0 Å². The summed E-state index contributed by atoms with van der Waals surface area (Å²) in [6.45, 7) is 3.11. The molecule has 2 aliphatic carbocycles. The van der Waals surface area contributed by atoms with Crippen LogP contribution < -0.4 is 0 Å². The first-order valence-electron chi connectivity index (χ1n) is 10.9. The summed E-state index contributed by atoms with van der Waals surface area (Å²) in [5, 5.41) is 9.39. The maximum Gasteiger partial charge on any atom is 0.143 e. The van der Waals surface area contributed by atoms with Gasteiger partial charge in [0.25, 0.3) is 0 Å². The van der Waals surface area contributed by atoms with Gasteiger partial charge in [0.05, 0.1) is 18.4 Å². The van der Waals surface area contributed by atoms with E-state index in [2.05, 4.69) is 83.6 Å². The highest BCUT2D eigenvalue weighted by molar-refractivity contribution is 5.48. The molecule has 0 spiro atoms. The van der Waals surface area contributed by atoms with Crippen molar-refractivity contribution >= 4 is 0 Å². The van der Waals surface area contributed by atoms with Crippen LogP contribution >= 0.6 is 0 Å². The van der Waals surface area contributed by atoms with Crippen molar-refractivity contribution in [1.82, 2.24) is 14.9 Å². The maximum atomic E-state index is 5.69. The molecule has 0 saturated carbocycles. The van der Waals surface area contributed by atoms with Gasteiger partial charge in [0.15, 0.2) is 0 Å². The molecule has 6 rings (SSSR count). The van der Waals surface area contributed by atoms with Crippen molar-refractivity contribution in [2.75, 3.05) is 0 Å². The summed E-state index contributed by atoms with van der Waals surface area (Å²) in [4.78, 5) is 0. The quantitative estimate of drug-likeness (QED) is 0.483. The van der Waals surface area contributed by atoms with Crippen LogP contribution in [0, 0.1) is 5.92 Å². The molecule has 0 bridgehead atoms. The Bertz CT molecular complexity index is 1180. The Labute approximate surface area is 176 Å². The second kappa shape index (κ2) is 6.69. The average molecular weight is 396 g/mol. The van der Waals surface area contributed by atoms with Gasteiger partial charge in [-0.1, -0.05) is 72.7 Å². The van der Waals surface area contributed by atoms with Gasteiger partial charge in [0.1, 0.15) is 5.76 Å². The van der Waals surface area contributed by atoms with Crippen molar-refractivity contribution in [2.45, 2.75) is 44.1 Å². The normalized spacial score (nSPS) is 24.7. The number of benzene rings is 2. The lowest BCUT2D eigenvalue weighted by atomic mass is 9.53. The Hall–Kier alpha value is -3.14. The maximum absolute atomic E-state index is 5.69. The summed E-state index contributed by atoms with van der Waals surface area (Å²) >= 11 is 0. The average Bonchev–Trinajstić information content (AvgIpc) is 3.42. The number of nitrogens with zero attached hydrogens (tertiary/aromatic N) is 3. The predicted octanol–water partition coefficient (Wildman–Crippen LogP) is 5.13. The minimum atomic E-state index is -0.130. The smallest absolute Gasteiger partial charge is 0.143 e. The SMILES string of the molecule is C[C@@H]1c2oncc2C[C@]2(c3ccccc3)c3nn(Cc4ccccc4)cc3CC[C@@H]12. The molecule has 150 valence electrons. The molecule has 30 heavy (non-hydrogen) atoms. The van der Waals surface area contributed by atoms with E-state index in [4.69, 9.17) is 9.62 Å². The minimum absolute atomic E-state index is 0.130. The molecule has 0 N–H and O–H groups in total. The van der Waals surface area contributed by atoms with Crippen molar-refractivity contribution in [2.24, 2.45) is 5.92 Å². The first kappa shape index (κ1) is 17.7. The Morgan fingerprint density at radius 2 is 1.80 bits per heavy atom.